The van der Waals surface area contributed by atoms with Crippen LogP contribution in [0.5, 0.6) is 0 Å². The zero-order valence-electron chi connectivity index (χ0n) is 22.8. The van der Waals surface area contributed by atoms with Gasteiger partial charge in [0.05, 0.1) is 11.3 Å². The summed E-state index contributed by atoms with van der Waals surface area (Å²) in [6.45, 7) is -0.0505. The van der Waals surface area contributed by atoms with Gasteiger partial charge in [-0.25, -0.2) is 14.5 Å². The molecular formula is C30H28F3N5O5. The standard InChI is InChI=1S/C30H28F3N5O5/c31-30(32,33)25-22(17-38(37-25)21-9-5-2-6-10-21)27(40)35-16-15-34-26(39)19-11-13-20(14-12-19)28-36-23(29(41)42)24(43-28)18-7-3-1-4-8-18/h1-10,17,19-20H,11-16H2,(H,34,39)(H,35,40)(H,41,42). The molecule has 224 valence electrons. The van der Waals surface area contributed by atoms with Gasteiger partial charge in [-0.2, -0.15) is 18.3 Å². The van der Waals surface area contributed by atoms with Crippen LogP contribution in [-0.2, 0) is 11.0 Å². The summed E-state index contributed by atoms with van der Waals surface area (Å²) in [6.07, 6.45) is -1.64. The largest absolute Gasteiger partial charge is 0.476 e. The lowest BCUT2D eigenvalue weighted by Gasteiger charge is -2.26. The number of rotatable bonds is 9. The Morgan fingerprint density at radius 3 is 2.19 bits per heavy atom. The van der Waals surface area contributed by atoms with E-state index in [9.17, 15) is 32.7 Å². The van der Waals surface area contributed by atoms with Crippen molar-refractivity contribution in [2.75, 3.05) is 13.1 Å². The van der Waals surface area contributed by atoms with Crippen LogP contribution in [0.3, 0.4) is 0 Å². The summed E-state index contributed by atoms with van der Waals surface area (Å²) < 4.78 is 47.6. The normalized spacial score (nSPS) is 16.9. The lowest BCUT2D eigenvalue weighted by atomic mass is 9.81. The number of aromatic carboxylic acids is 1. The summed E-state index contributed by atoms with van der Waals surface area (Å²) in [4.78, 5) is 41.3. The van der Waals surface area contributed by atoms with Crippen molar-refractivity contribution >= 4 is 17.8 Å². The summed E-state index contributed by atoms with van der Waals surface area (Å²) in [5.74, 6) is -2.30. The summed E-state index contributed by atoms with van der Waals surface area (Å²) in [5.41, 5.74) is -1.09. The number of nitrogens with zero attached hydrogens (tertiary/aromatic N) is 3. The zero-order valence-corrected chi connectivity index (χ0v) is 22.8. The molecule has 2 aromatic heterocycles. The Bertz CT molecular complexity index is 1590. The maximum absolute atomic E-state index is 13.6. The third kappa shape index (κ3) is 6.76. The van der Waals surface area contributed by atoms with Crippen LogP contribution in [-0.4, -0.2) is 50.7 Å². The van der Waals surface area contributed by atoms with Gasteiger partial charge in [-0.15, -0.1) is 0 Å². The van der Waals surface area contributed by atoms with Crippen molar-refractivity contribution in [2.45, 2.75) is 37.8 Å². The van der Waals surface area contributed by atoms with Gasteiger partial charge in [-0.3, -0.25) is 9.59 Å². The molecule has 13 heteroatoms. The Kier molecular flexibility index (Phi) is 8.60. The van der Waals surface area contributed by atoms with Crippen LogP contribution in [0.2, 0.25) is 0 Å². The average Bonchev–Trinajstić information content (AvgIpc) is 3.67. The van der Waals surface area contributed by atoms with Crippen LogP contribution in [0, 0.1) is 5.92 Å². The molecule has 1 aliphatic carbocycles. The second kappa shape index (κ2) is 12.5. The van der Waals surface area contributed by atoms with Gasteiger partial charge < -0.3 is 20.2 Å². The molecule has 0 radical (unpaired) electrons. The smallest absolute Gasteiger partial charge is 0.435 e. The monoisotopic (exact) mass is 595 g/mol. The number of carbonyl (C=O) groups is 3. The van der Waals surface area contributed by atoms with Crippen molar-refractivity contribution in [3.05, 3.63) is 89.7 Å². The van der Waals surface area contributed by atoms with E-state index in [4.69, 9.17) is 4.42 Å². The molecule has 1 aliphatic rings. The summed E-state index contributed by atoms with van der Waals surface area (Å²) in [6, 6.07) is 17.0. The Balaban J connectivity index is 1.12. The molecule has 0 bridgehead atoms. The van der Waals surface area contributed by atoms with Gasteiger partial charge in [0.25, 0.3) is 5.91 Å². The molecule has 0 saturated heterocycles. The van der Waals surface area contributed by atoms with Crippen LogP contribution < -0.4 is 10.6 Å². The Hall–Kier alpha value is -4.94. The molecular weight excluding hydrogens is 567 g/mol. The molecule has 3 N–H and O–H groups in total. The summed E-state index contributed by atoms with van der Waals surface area (Å²) >= 11 is 0. The van der Waals surface area contributed by atoms with E-state index in [0.717, 1.165) is 10.9 Å². The third-order valence-corrected chi connectivity index (χ3v) is 7.29. The highest BCUT2D eigenvalue weighted by molar-refractivity contribution is 5.95. The number of hydrogen-bond acceptors (Lipinski definition) is 6. The molecule has 10 nitrogen and oxygen atoms in total. The maximum atomic E-state index is 13.6. The second-order valence-corrected chi connectivity index (χ2v) is 10.2. The topological polar surface area (TPSA) is 139 Å². The second-order valence-electron chi connectivity index (χ2n) is 10.2. The van der Waals surface area contributed by atoms with Crippen molar-refractivity contribution in [3.8, 4) is 17.0 Å². The number of oxazole rings is 1. The first-order chi connectivity index (χ1) is 20.6. The predicted molar refractivity (Wildman–Crippen MR) is 148 cm³/mol. The lowest BCUT2D eigenvalue weighted by Crippen LogP contribution is -2.38. The number of alkyl halides is 3. The fourth-order valence-electron chi connectivity index (χ4n) is 5.11. The molecule has 2 heterocycles. The first-order valence-corrected chi connectivity index (χ1v) is 13.7. The van der Waals surface area contributed by atoms with E-state index in [1.54, 1.807) is 54.6 Å². The van der Waals surface area contributed by atoms with Gasteiger partial charge in [0.2, 0.25) is 5.91 Å². The average molecular weight is 596 g/mol. The van der Waals surface area contributed by atoms with Crippen LogP contribution in [0.4, 0.5) is 13.2 Å². The third-order valence-electron chi connectivity index (χ3n) is 7.29. The van der Waals surface area contributed by atoms with E-state index in [2.05, 4.69) is 20.7 Å². The summed E-state index contributed by atoms with van der Waals surface area (Å²) in [5, 5.41) is 18.3. The molecule has 0 atom stereocenters. The highest BCUT2D eigenvalue weighted by atomic mass is 19.4. The van der Waals surface area contributed by atoms with Crippen LogP contribution >= 0.6 is 0 Å². The number of nitrogens with one attached hydrogen (secondary N) is 2. The van der Waals surface area contributed by atoms with Crippen LogP contribution in [0.1, 0.15) is 64.0 Å². The SMILES string of the molecule is O=C(NCCNC(=O)C1CCC(c2nc(C(=O)O)c(-c3ccccc3)o2)CC1)c1cn(-c2ccccc2)nc1C(F)(F)F. The van der Waals surface area contributed by atoms with E-state index in [0.29, 0.717) is 42.8 Å². The van der Waals surface area contributed by atoms with Gasteiger partial charge in [-0.05, 0) is 37.8 Å². The lowest BCUT2D eigenvalue weighted by molar-refractivity contribution is -0.141. The van der Waals surface area contributed by atoms with E-state index in [1.165, 1.54) is 0 Å². The number of benzene rings is 2. The number of halogens is 3. The first-order valence-electron chi connectivity index (χ1n) is 13.7. The Morgan fingerprint density at radius 2 is 1.56 bits per heavy atom. The van der Waals surface area contributed by atoms with Crippen molar-refractivity contribution in [2.24, 2.45) is 5.92 Å². The van der Waals surface area contributed by atoms with E-state index in [1.807, 2.05) is 6.07 Å². The predicted octanol–water partition coefficient (Wildman–Crippen LogP) is 5.06. The first kappa shape index (κ1) is 29.5. The summed E-state index contributed by atoms with van der Waals surface area (Å²) in [7, 11) is 0. The molecule has 0 unspecified atom stereocenters. The highest BCUT2D eigenvalue weighted by Gasteiger charge is 2.39. The number of para-hydroxylation sites is 1. The van der Waals surface area contributed by atoms with Gasteiger partial charge in [0.15, 0.2) is 23.0 Å². The minimum atomic E-state index is -4.83. The molecule has 2 amide bonds. The van der Waals surface area contributed by atoms with Gasteiger partial charge in [0.1, 0.15) is 0 Å². The number of amides is 2. The molecule has 2 aromatic carbocycles. The number of carbonyl (C=O) groups excluding carboxylic acids is 2. The van der Waals surface area contributed by atoms with Crippen LogP contribution in [0.15, 0.2) is 71.3 Å². The quantitative estimate of drug-likeness (QED) is 0.230. The fraction of sp³-hybridized carbons (Fsp3) is 0.300. The minimum Gasteiger partial charge on any atom is -0.476 e. The van der Waals surface area contributed by atoms with Gasteiger partial charge >= 0.3 is 12.1 Å². The molecule has 43 heavy (non-hydrogen) atoms. The van der Waals surface area contributed by atoms with E-state index < -0.39 is 29.3 Å². The molecule has 0 aliphatic heterocycles. The van der Waals surface area contributed by atoms with Crippen molar-refractivity contribution in [3.63, 3.8) is 0 Å². The molecule has 0 spiro atoms. The molecule has 5 rings (SSSR count). The Labute approximate surface area is 243 Å². The van der Waals surface area contributed by atoms with Gasteiger partial charge in [0, 0.05) is 36.7 Å². The van der Waals surface area contributed by atoms with Gasteiger partial charge in [-0.1, -0.05) is 48.5 Å². The number of carboxylic acid groups (broad SMARTS) is 1. The van der Waals surface area contributed by atoms with Crippen molar-refractivity contribution in [1.82, 2.24) is 25.4 Å². The Morgan fingerprint density at radius 1 is 0.930 bits per heavy atom. The molecule has 4 aromatic rings. The van der Waals surface area contributed by atoms with Crippen LogP contribution in [0.25, 0.3) is 17.0 Å². The zero-order chi connectivity index (χ0) is 30.6. The van der Waals surface area contributed by atoms with Crippen molar-refractivity contribution in [1.29, 1.82) is 0 Å². The van der Waals surface area contributed by atoms with E-state index in [-0.39, 0.29) is 42.3 Å². The number of aromatic nitrogens is 3. The number of hydrogen-bond donors (Lipinski definition) is 3. The van der Waals surface area contributed by atoms with E-state index >= 15 is 0 Å². The van der Waals surface area contributed by atoms with Crippen molar-refractivity contribution < 1.29 is 37.1 Å². The highest BCUT2D eigenvalue weighted by Crippen LogP contribution is 2.38. The molecule has 1 fully saturated rings. The fourth-order valence-corrected chi connectivity index (χ4v) is 5.11. The minimum absolute atomic E-state index is 0.0286. The molecule has 1 saturated carbocycles. The number of carboxylic acids is 1. The maximum Gasteiger partial charge on any atom is 0.435 e.